The number of amides is 2. The van der Waals surface area contributed by atoms with Crippen molar-refractivity contribution in [1.29, 1.82) is 0 Å². The lowest BCUT2D eigenvalue weighted by Gasteiger charge is -2.28. The van der Waals surface area contributed by atoms with Gasteiger partial charge in [-0.05, 0) is 82.6 Å². The molecule has 1 aromatic carbocycles. The Balaban J connectivity index is 1.56. The zero-order chi connectivity index (χ0) is 27.9. The highest BCUT2D eigenvalue weighted by Gasteiger charge is 2.26. The SMILES string of the molecule is CCCNC(=O)OC1CCC(c2cnc(Nc3ccc(S(=O)(=O)NC(=O)OC(C)(C)C)cc3F)nc2)CC1. The number of hydrogen-bond donors (Lipinski definition) is 3. The zero-order valence-electron chi connectivity index (χ0n) is 21.9. The highest BCUT2D eigenvalue weighted by molar-refractivity contribution is 7.90. The van der Waals surface area contributed by atoms with E-state index in [2.05, 4.69) is 20.6 Å². The molecule has 1 aromatic heterocycles. The predicted octanol–water partition coefficient (Wildman–Crippen LogP) is 4.74. The molecule has 2 aromatic rings. The van der Waals surface area contributed by atoms with Crippen molar-refractivity contribution < 1.29 is 31.9 Å². The van der Waals surface area contributed by atoms with Crippen molar-refractivity contribution in [3.8, 4) is 0 Å². The second-order valence-electron chi connectivity index (χ2n) is 10.0. The molecule has 0 unspecified atom stereocenters. The molecule has 0 saturated heterocycles. The number of sulfonamides is 1. The van der Waals surface area contributed by atoms with E-state index in [1.54, 1.807) is 37.9 Å². The maximum absolute atomic E-state index is 14.7. The second-order valence-corrected chi connectivity index (χ2v) is 11.7. The third kappa shape index (κ3) is 8.54. The third-order valence-electron chi connectivity index (χ3n) is 5.72. The number of halogens is 1. The van der Waals surface area contributed by atoms with Gasteiger partial charge in [-0.25, -0.2) is 37.1 Å². The Hall–Kier alpha value is -3.48. The fraction of sp³-hybridized carbons (Fsp3) is 0.520. The largest absolute Gasteiger partial charge is 0.446 e. The quantitative estimate of drug-likeness (QED) is 0.423. The molecule has 3 rings (SSSR count). The van der Waals surface area contributed by atoms with E-state index in [1.165, 1.54) is 6.07 Å². The van der Waals surface area contributed by atoms with Gasteiger partial charge in [0.25, 0.3) is 10.0 Å². The molecular formula is C25H34FN5O6S. The molecule has 0 spiro atoms. The molecule has 1 aliphatic rings. The van der Waals surface area contributed by atoms with Crippen molar-refractivity contribution in [3.05, 3.63) is 42.0 Å². The van der Waals surface area contributed by atoms with Crippen LogP contribution in [0.5, 0.6) is 0 Å². The molecule has 2 amide bonds. The van der Waals surface area contributed by atoms with Gasteiger partial charge in [0.05, 0.1) is 10.6 Å². The molecule has 38 heavy (non-hydrogen) atoms. The Morgan fingerprint density at radius 2 is 1.74 bits per heavy atom. The first-order chi connectivity index (χ1) is 17.9. The fourth-order valence-corrected chi connectivity index (χ4v) is 4.78. The standard InChI is InChI=1S/C25H34FN5O6S/c1-5-12-27-23(32)36-18-8-6-16(7-9-18)17-14-28-22(29-15-17)30-21-11-10-19(13-20(21)26)38(34,35)31-24(33)37-25(2,3)4/h10-11,13-16,18H,5-9,12H2,1-4H3,(H,27,32)(H,31,33)(H,28,29,30). The van der Waals surface area contributed by atoms with Crippen molar-refractivity contribution in [1.82, 2.24) is 20.0 Å². The van der Waals surface area contributed by atoms with Crippen molar-refractivity contribution in [3.63, 3.8) is 0 Å². The predicted molar refractivity (Wildman–Crippen MR) is 138 cm³/mol. The molecular weight excluding hydrogens is 517 g/mol. The zero-order valence-corrected chi connectivity index (χ0v) is 22.7. The van der Waals surface area contributed by atoms with Crippen LogP contribution in [0.15, 0.2) is 35.5 Å². The van der Waals surface area contributed by atoms with Gasteiger partial charge >= 0.3 is 12.2 Å². The van der Waals surface area contributed by atoms with Crippen LogP contribution in [0.1, 0.15) is 71.3 Å². The number of aromatic nitrogens is 2. The van der Waals surface area contributed by atoms with Gasteiger partial charge < -0.3 is 20.1 Å². The number of nitrogens with one attached hydrogen (secondary N) is 3. The van der Waals surface area contributed by atoms with Crippen LogP contribution in [0.3, 0.4) is 0 Å². The van der Waals surface area contributed by atoms with E-state index in [0.29, 0.717) is 6.54 Å². The molecule has 0 aliphatic heterocycles. The van der Waals surface area contributed by atoms with Crippen LogP contribution in [0, 0.1) is 5.82 Å². The van der Waals surface area contributed by atoms with Crippen LogP contribution >= 0.6 is 0 Å². The smallest absolute Gasteiger partial charge is 0.421 e. The number of carbonyl (C=O) groups is 2. The first-order valence-electron chi connectivity index (χ1n) is 12.4. The number of nitrogens with zero attached hydrogens (tertiary/aromatic N) is 2. The van der Waals surface area contributed by atoms with Gasteiger partial charge in [-0.15, -0.1) is 0 Å². The lowest BCUT2D eigenvalue weighted by atomic mass is 9.84. The van der Waals surface area contributed by atoms with E-state index < -0.39 is 32.4 Å². The third-order valence-corrected chi connectivity index (χ3v) is 7.03. The highest BCUT2D eigenvalue weighted by atomic mass is 32.2. The summed E-state index contributed by atoms with van der Waals surface area (Å²) in [6, 6.07) is 3.15. The Morgan fingerprint density at radius 1 is 1.08 bits per heavy atom. The summed E-state index contributed by atoms with van der Waals surface area (Å²) in [5, 5.41) is 5.44. The van der Waals surface area contributed by atoms with Gasteiger partial charge in [0.1, 0.15) is 17.5 Å². The molecule has 0 atom stereocenters. The first-order valence-corrected chi connectivity index (χ1v) is 13.9. The van der Waals surface area contributed by atoms with Crippen LogP contribution in [0.25, 0.3) is 0 Å². The summed E-state index contributed by atoms with van der Waals surface area (Å²) in [6.07, 6.45) is 5.65. The summed E-state index contributed by atoms with van der Waals surface area (Å²) in [5.74, 6) is -0.507. The summed E-state index contributed by atoms with van der Waals surface area (Å²) in [6.45, 7) is 7.33. The summed E-state index contributed by atoms with van der Waals surface area (Å²) in [5.41, 5.74) is 0.00107. The highest BCUT2D eigenvalue weighted by Crippen LogP contribution is 2.34. The lowest BCUT2D eigenvalue weighted by Crippen LogP contribution is -2.36. The normalized spacial score (nSPS) is 17.8. The van der Waals surface area contributed by atoms with E-state index in [1.807, 2.05) is 6.92 Å². The minimum absolute atomic E-state index is 0.0343. The Morgan fingerprint density at radius 3 is 2.32 bits per heavy atom. The lowest BCUT2D eigenvalue weighted by molar-refractivity contribution is 0.0569. The molecule has 11 nitrogen and oxygen atoms in total. The van der Waals surface area contributed by atoms with Gasteiger partial charge in [0, 0.05) is 18.9 Å². The van der Waals surface area contributed by atoms with Gasteiger partial charge in [-0.1, -0.05) is 6.92 Å². The number of benzene rings is 1. The molecule has 1 heterocycles. The van der Waals surface area contributed by atoms with Gasteiger partial charge in [0.2, 0.25) is 5.95 Å². The van der Waals surface area contributed by atoms with Crippen LogP contribution in [-0.2, 0) is 19.5 Å². The van der Waals surface area contributed by atoms with Crippen LogP contribution in [0.2, 0.25) is 0 Å². The van der Waals surface area contributed by atoms with E-state index in [0.717, 1.165) is 49.8 Å². The van der Waals surface area contributed by atoms with Crippen LogP contribution < -0.4 is 15.4 Å². The molecule has 1 aliphatic carbocycles. The minimum Gasteiger partial charge on any atom is -0.446 e. The number of carbonyl (C=O) groups excluding carboxylic acids is 2. The summed E-state index contributed by atoms with van der Waals surface area (Å²) in [7, 11) is -4.33. The maximum Gasteiger partial charge on any atom is 0.421 e. The molecule has 3 N–H and O–H groups in total. The summed E-state index contributed by atoms with van der Waals surface area (Å²) < 4.78 is 51.6. The summed E-state index contributed by atoms with van der Waals surface area (Å²) >= 11 is 0. The van der Waals surface area contributed by atoms with E-state index in [9.17, 15) is 22.4 Å². The Kier molecular flexibility index (Phi) is 9.47. The fourth-order valence-electron chi connectivity index (χ4n) is 3.90. The molecule has 0 bridgehead atoms. The molecule has 208 valence electrons. The van der Waals surface area contributed by atoms with Crippen molar-refractivity contribution in [2.75, 3.05) is 11.9 Å². The topological polar surface area (TPSA) is 149 Å². The van der Waals surface area contributed by atoms with Gasteiger partial charge in [0.15, 0.2) is 0 Å². The van der Waals surface area contributed by atoms with Crippen LogP contribution in [-0.4, -0.2) is 48.8 Å². The average molecular weight is 552 g/mol. The number of ether oxygens (including phenoxy) is 2. The van der Waals surface area contributed by atoms with E-state index in [-0.39, 0.29) is 29.8 Å². The minimum atomic E-state index is -4.33. The summed E-state index contributed by atoms with van der Waals surface area (Å²) in [4.78, 5) is 31.6. The average Bonchev–Trinajstić information content (AvgIpc) is 2.83. The number of anilines is 2. The molecule has 1 saturated carbocycles. The van der Waals surface area contributed by atoms with E-state index in [4.69, 9.17) is 9.47 Å². The molecule has 0 radical (unpaired) electrons. The van der Waals surface area contributed by atoms with Crippen LogP contribution in [0.4, 0.5) is 25.6 Å². The maximum atomic E-state index is 14.7. The molecule has 13 heteroatoms. The molecule has 1 fully saturated rings. The monoisotopic (exact) mass is 551 g/mol. The van der Waals surface area contributed by atoms with E-state index >= 15 is 0 Å². The Labute approximate surface area is 222 Å². The number of rotatable bonds is 8. The van der Waals surface area contributed by atoms with Crippen molar-refractivity contribution >= 4 is 33.8 Å². The Bertz CT molecular complexity index is 1230. The van der Waals surface area contributed by atoms with Gasteiger partial charge in [-0.3, -0.25) is 0 Å². The first kappa shape index (κ1) is 29.1. The number of hydrogen-bond acceptors (Lipinski definition) is 9. The van der Waals surface area contributed by atoms with Gasteiger partial charge in [-0.2, -0.15) is 0 Å². The van der Waals surface area contributed by atoms with Crippen molar-refractivity contribution in [2.24, 2.45) is 0 Å². The number of alkyl carbamates (subject to hydrolysis) is 1. The van der Waals surface area contributed by atoms with Crippen molar-refractivity contribution in [2.45, 2.75) is 82.3 Å². The second kappa shape index (κ2) is 12.4.